The van der Waals surface area contributed by atoms with Crippen LogP contribution < -0.4 is 5.32 Å². The molecule has 1 amide bonds. The molecule has 2 aromatic heterocycles. The number of thiazole rings is 1. The van der Waals surface area contributed by atoms with Crippen molar-refractivity contribution in [2.24, 2.45) is 0 Å². The SMILES string of the molecule is Cc1cnc(C(C)NC(=O)c2cc(Cl)ncc2[N+](=O)[O-])s1. The Kier molecular flexibility index (Phi) is 4.49. The molecule has 9 heteroatoms. The van der Waals surface area contributed by atoms with Crippen LogP contribution in [0.2, 0.25) is 5.15 Å². The van der Waals surface area contributed by atoms with Gasteiger partial charge >= 0.3 is 0 Å². The standard InChI is InChI=1S/C12H11ClN4O3S/c1-6-4-15-12(21-6)7(2)16-11(18)8-3-10(13)14-5-9(8)17(19)20/h3-5,7H,1-2H3,(H,16,18). The molecule has 0 bridgehead atoms. The Morgan fingerprint density at radius 2 is 2.19 bits per heavy atom. The number of carbonyl (C=O) groups is 1. The summed E-state index contributed by atoms with van der Waals surface area (Å²) in [6.07, 6.45) is 2.67. The highest BCUT2D eigenvalue weighted by molar-refractivity contribution is 7.11. The van der Waals surface area contributed by atoms with E-state index in [-0.39, 0.29) is 22.4 Å². The molecule has 2 rings (SSSR count). The zero-order valence-corrected chi connectivity index (χ0v) is 12.7. The summed E-state index contributed by atoms with van der Waals surface area (Å²) in [6, 6.07) is 0.817. The van der Waals surface area contributed by atoms with Crippen molar-refractivity contribution in [3.05, 3.63) is 49.2 Å². The molecule has 1 unspecified atom stereocenters. The van der Waals surface area contributed by atoms with E-state index in [0.29, 0.717) is 0 Å². The molecule has 0 aliphatic heterocycles. The quantitative estimate of drug-likeness (QED) is 0.529. The lowest BCUT2D eigenvalue weighted by Crippen LogP contribution is -2.27. The van der Waals surface area contributed by atoms with Crippen LogP contribution in [-0.4, -0.2) is 20.8 Å². The molecule has 7 nitrogen and oxygen atoms in total. The minimum absolute atomic E-state index is 0.0171. The topological polar surface area (TPSA) is 98.0 Å². The van der Waals surface area contributed by atoms with Crippen LogP contribution in [0.3, 0.4) is 0 Å². The second kappa shape index (κ2) is 6.15. The van der Waals surface area contributed by atoms with Crippen LogP contribution in [0.1, 0.15) is 33.2 Å². The van der Waals surface area contributed by atoms with E-state index in [1.807, 2.05) is 6.92 Å². The zero-order chi connectivity index (χ0) is 15.6. The molecule has 0 radical (unpaired) electrons. The number of hydrogen-bond acceptors (Lipinski definition) is 6. The number of nitrogens with one attached hydrogen (secondary N) is 1. The monoisotopic (exact) mass is 326 g/mol. The maximum atomic E-state index is 12.2. The van der Waals surface area contributed by atoms with Gasteiger partial charge in [-0.05, 0) is 19.9 Å². The van der Waals surface area contributed by atoms with Crippen LogP contribution in [0.25, 0.3) is 0 Å². The number of aromatic nitrogens is 2. The fraction of sp³-hybridized carbons (Fsp3) is 0.250. The van der Waals surface area contributed by atoms with E-state index in [9.17, 15) is 14.9 Å². The summed E-state index contributed by atoms with van der Waals surface area (Å²) in [5.41, 5.74) is -0.514. The average molecular weight is 327 g/mol. The normalized spacial score (nSPS) is 12.0. The van der Waals surface area contributed by atoms with E-state index in [1.54, 1.807) is 13.1 Å². The first-order valence-electron chi connectivity index (χ1n) is 5.91. The highest BCUT2D eigenvalue weighted by Gasteiger charge is 2.23. The largest absolute Gasteiger partial charge is 0.343 e. The molecule has 0 saturated carbocycles. The lowest BCUT2D eigenvalue weighted by Gasteiger charge is -2.11. The first-order valence-corrected chi connectivity index (χ1v) is 7.11. The van der Waals surface area contributed by atoms with Crippen LogP contribution in [-0.2, 0) is 0 Å². The van der Waals surface area contributed by atoms with Gasteiger partial charge < -0.3 is 5.32 Å². The second-order valence-corrected chi connectivity index (χ2v) is 5.94. The summed E-state index contributed by atoms with van der Waals surface area (Å²) in [4.78, 5) is 31.3. The van der Waals surface area contributed by atoms with E-state index in [1.165, 1.54) is 17.4 Å². The minimum Gasteiger partial charge on any atom is -0.343 e. The lowest BCUT2D eigenvalue weighted by atomic mass is 10.2. The molecule has 0 spiro atoms. The molecular formula is C12H11ClN4O3S. The molecule has 1 N–H and O–H groups in total. The van der Waals surface area contributed by atoms with E-state index in [4.69, 9.17) is 11.6 Å². The van der Waals surface area contributed by atoms with Crippen molar-refractivity contribution in [1.82, 2.24) is 15.3 Å². The molecule has 21 heavy (non-hydrogen) atoms. The zero-order valence-electron chi connectivity index (χ0n) is 11.2. The molecule has 2 heterocycles. The first-order chi connectivity index (χ1) is 9.88. The molecule has 0 fully saturated rings. The van der Waals surface area contributed by atoms with Gasteiger partial charge in [-0.3, -0.25) is 14.9 Å². The van der Waals surface area contributed by atoms with Gasteiger partial charge in [0.05, 0.1) is 11.0 Å². The third kappa shape index (κ3) is 3.53. The Balaban J connectivity index is 2.24. The van der Waals surface area contributed by atoms with Crippen molar-refractivity contribution in [3.8, 4) is 0 Å². The third-order valence-electron chi connectivity index (χ3n) is 2.65. The smallest absolute Gasteiger partial charge is 0.300 e. The Morgan fingerprint density at radius 1 is 1.48 bits per heavy atom. The van der Waals surface area contributed by atoms with Crippen molar-refractivity contribution in [2.75, 3.05) is 0 Å². The van der Waals surface area contributed by atoms with E-state index >= 15 is 0 Å². The van der Waals surface area contributed by atoms with Crippen molar-refractivity contribution in [3.63, 3.8) is 0 Å². The van der Waals surface area contributed by atoms with Crippen LogP contribution >= 0.6 is 22.9 Å². The van der Waals surface area contributed by atoms with E-state index < -0.39 is 10.8 Å². The van der Waals surface area contributed by atoms with Crippen molar-refractivity contribution in [2.45, 2.75) is 19.9 Å². The average Bonchev–Trinajstić information content (AvgIpc) is 2.85. The van der Waals surface area contributed by atoms with Gasteiger partial charge in [0.2, 0.25) is 0 Å². The molecule has 1 atom stereocenters. The molecule has 2 aromatic rings. The molecule has 110 valence electrons. The third-order valence-corrected chi connectivity index (χ3v) is 3.95. The fourth-order valence-electron chi connectivity index (χ4n) is 1.66. The van der Waals surface area contributed by atoms with Gasteiger partial charge in [0.1, 0.15) is 21.9 Å². The number of halogens is 1. The molecule has 0 aliphatic carbocycles. The van der Waals surface area contributed by atoms with Gasteiger partial charge in [-0.2, -0.15) is 0 Å². The summed E-state index contributed by atoms with van der Waals surface area (Å²) < 4.78 is 0. The van der Waals surface area contributed by atoms with Crippen molar-refractivity contribution >= 4 is 34.5 Å². The molecule has 0 aromatic carbocycles. The van der Waals surface area contributed by atoms with Gasteiger partial charge in [0.15, 0.2) is 0 Å². The van der Waals surface area contributed by atoms with Gasteiger partial charge in [0.25, 0.3) is 11.6 Å². The minimum atomic E-state index is -0.670. The number of pyridine rings is 1. The van der Waals surface area contributed by atoms with Crippen LogP contribution in [0.5, 0.6) is 0 Å². The molecule has 0 saturated heterocycles. The summed E-state index contributed by atoms with van der Waals surface area (Å²) >= 11 is 7.15. The van der Waals surface area contributed by atoms with Crippen molar-refractivity contribution in [1.29, 1.82) is 0 Å². The Hall–Kier alpha value is -2.06. The highest BCUT2D eigenvalue weighted by atomic mass is 35.5. The second-order valence-electron chi connectivity index (χ2n) is 4.29. The van der Waals surface area contributed by atoms with Gasteiger partial charge in [-0.25, -0.2) is 9.97 Å². The van der Waals surface area contributed by atoms with Crippen molar-refractivity contribution < 1.29 is 9.72 Å². The van der Waals surface area contributed by atoms with Gasteiger partial charge in [-0.1, -0.05) is 11.6 Å². The first kappa shape index (κ1) is 15.3. The summed E-state index contributed by atoms with van der Waals surface area (Å²) in [7, 11) is 0. The van der Waals surface area contributed by atoms with Gasteiger partial charge in [0, 0.05) is 11.1 Å². The number of carbonyl (C=O) groups excluding carboxylic acids is 1. The maximum Gasteiger partial charge on any atom is 0.300 e. The maximum absolute atomic E-state index is 12.2. The fourth-order valence-corrected chi connectivity index (χ4v) is 2.59. The number of nitro groups is 1. The number of hydrogen-bond donors (Lipinski definition) is 1. The van der Waals surface area contributed by atoms with Gasteiger partial charge in [-0.15, -0.1) is 11.3 Å². The van der Waals surface area contributed by atoms with E-state index in [2.05, 4.69) is 15.3 Å². The summed E-state index contributed by atoms with van der Waals surface area (Å²) in [5, 5.41) is 14.3. The van der Waals surface area contributed by atoms with Crippen LogP contribution in [0, 0.1) is 17.0 Å². The Morgan fingerprint density at radius 3 is 2.76 bits per heavy atom. The Bertz CT molecular complexity index is 704. The molecule has 0 aliphatic rings. The number of aryl methyl sites for hydroxylation is 1. The Labute approximate surface area is 129 Å². The van der Waals surface area contributed by atoms with Crippen LogP contribution in [0.15, 0.2) is 18.5 Å². The lowest BCUT2D eigenvalue weighted by molar-refractivity contribution is -0.385. The number of rotatable bonds is 4. The highest BCUT2D eigenvalue weighted by Crippen LogP contribution is 2.23. The predicted molar refractivity (Wildman–Crippen MR) is 78.6 cm³/mol. The number of amides is 1. The summed E-state index contributed by atoms with van der Waals surface area (Å²) in [5.74, 6) is -0.591. The number of nitrogens with zero attached hydrogens (tertiary/aromatic N) is 3. The van der Waals surface area contributed by atoms with Crippen LogP contribution in [0.4, 0.5) is 5.69 Å². The summed E-state index contributed by atoms with van der Waals surface area (Å²) in [6.45, 7) is 3.66. The molecular weight excluding hydrogens is 316 g/mol. The predicted octanol–water partition coefficient (Wildman–Crippen LogP) is 2.90. The van der Waals surface area contributed by atoms with E-state index in [0.717, 1.165) is 16.1 Å².